The zero-order chi connectivity index (χ0) is 16.1. The van der Waals surface area contributed by atoms with Gasteiger partial charge in [0.1, 0.15) is 6.17 Å². The molecule has 0 aromatic carbocycles. The van der Waals surface area contributed by atoms with Gasteiger partial charge in [-0.05, 0) is 12.8 Å². The molecule has 7 nitrogen and oxygen atoms in total. The summed E-state index contributed by atoms with van der Waals surface area (Å²) in [5.74, 6) is -0.254. The molecule has 1 amide bonds. The number of amides is 1. The van der Waals surface area contributed by atoms with Crippen molar-refractivity contribution < 1.29 is 14.1 Å². The van der Waals surface area contributed by atoms with Gasteiger partial charge in [0.15, 0.2) is 17.7 Å². The number of nitrogens with zero attached hydrogens (tertiary/aromatic N) is 3. The fourth-order valence-electron chi connectivity index (χ4n) is 4.09. The molecular weight excluding hydrogens is 317 g/mol. The summed E-state index contributed by atoms with van der Waals surface area (Å²) in [7, 11) is 2.00. The lowest BCUT2D eigenvalue weighted by atomic mass is 10.0. The molecule has 122 valence electrons. The molecule has 8 heteroatoms. The molecular formula is C15H18N3O4P. The Morgan fingerprint density at radius 2 is 2.09 bits per heavy atom. The standard InChI is InChI=1S/C15H18N3O4P/c19-8-9-5-16-7-11-17-4-2-1-3-10(17)6-18(11)15(21)12(16)14(22-23)13(9)20/h5,8,10-11H,1-4,6-7,23H2. The second-order valence-electron chi connectivity index (χ2n) is 6.30. The van der Waals surface area contributed by atoms with E-state index < -0.39 is 5.43 Å². The Morgan fingerprint density at radius 3 is 2.83 bits per heavy atom. The maximum atomic E-state index is 12.9. The van der Waals surface area contributed by atoms with Crippen LogP contribution in [0.1, 0.15) is 40.1 Å². The van der Waals surface area contributed by atoms with Gasteiger partial charge in [-0.25, -0.2) is 0 Å². The van der Waals surface area contributed by atoms with Gasteiger partial charge in [0.2, 0.25) is 5.43 Å². The van der Waals surface area contributed by atoms with Crippen LogP contribution >= 0.6 is 9.47 Å². The van der Waals surface area contributed by atoms with E-state index in [0.717, 1.165) is 19.4 Å². The van der Waals surface area contributed by atoms with E-state index in [1.165, 1.54) is 12.6 Å². The van der Waals surface area contributed by atoms with Crippen molar-refractivity contribution in [2.75, 3.05) is 13.1 Å². The lowest BCUT2D eigenvalue weighted by Gasteiger charge is -2.38. The van der Waals surface area contributed by atoms with Crippen LogP contribution in [-0.4, -0.2) is 51.9 Å². The molecule has 3 aliphatic heterocycles. The predicted molar refractivity (Wildman–Crippen MR) is 85.6 cm³/mol. The first-order valence-corrected chi connectivity index (χ1v) is 8.29. The fourth-order valence-corrected chi connectivity index (χ4v) is 4.31. The van der Waals surface area contributed by atoms with Crippen molar-refractivity contribution in [1.82, 2.24) is 14.4 Å². The van der Waals surface area contributed by atoms with Crippen LogP contribution in [0.2, 0.25) is 0 Å². The molecule has 3 aliphatic rings. The second-order valence-corrected chi connectivity index (χ2v) is 6.54. The second kappa shape index (κ2) is 5.42. The third-order valence-electron chi connectivity index (χ3n) is 5.16. The number of aldehydes is 1. The molecule has 0 aliphatic carbocycles. The van der Waals surface area contributed by atoms with Gasteiger partial charge in [0.05, 0.1) is 21.6 Å². The third kappa shape index (κ3) is 2.07. The topological polar surface area (TPSA) is 71.8 Å². The minimum absolute atomic E-state index is 0.000312. The summed E-state index contributed by atoms with van der Waals surface area (Å²) in [6.45, 7) is 2.24. The molecule has 4 heterocycles. The normalized spacial score (nSPS) is 26.5. The molecule has 0 spiro atoms. The lowest BCUT2D eigenvalue weighted by Crippen LogP contribution is -2.51. The molecule has 2 saturated heterocycles. The Hall–Kier alpha value is -1.72. The molecule has 2 fully saturated rings. The zero-order valence-electron chi connectivity index (χ0n) is 12.6. The number of fused-ring (bicyclic) bond motifs is 4. The van der Waals surface area contributed by atoms with Crippen molar-refractivity contribution in [2.24, 2.45) is 0 Å². The molecule has 0 radical (unpaired) electrons. The summed E-state index contributed by atoms with van der Waals surface area (Å²) in [6.07, 6.45) is 5.42. The highest BCUT2D eigenvalue weighted by Gasteiger charge is 2.47. The van der Waals surface area contributed by atoms with Crippen molar-refractivity contribution in [2.45, 2.75) is 38.0 Å². The number of pyridine rings is 1. The van der Waals surface area contributed by atoms with Crippen LogP contribution in [0.15, 0.2) is 11.0 Å². The Morgan fingerprint density at radius 1 is 1.26 bits per heavy atom. The zero-order valence-corrected chi connectivity index (χ0v) is 13.8. The Bertz CT molecular complexity index is 747. The molecule has 3 unspecified atom stereocenters. The highest BCUT2D eigenvalue weighted by atomic mass is 31.0. The molecule has 4 rings (SSSR count). The SMILES string of the molecule is O=Cc1cn2c(c(OP)c1=O)C(=O)N1CC3CCCCN3C1C2. The molecule has 23 heavy (non-hydrogen) atoms. The van der Waals surface area contributed by atoms with Crippen LogP contribution in [-0.2, 0) is 6.54 Å². The first-order chi connectivity index (χ1) is 11.2. The summed E-state index contributed by atoms with van der Waals surface area (Å²) in [5, 5.41) is 0. The number of rotatable bonds is 2. The number of aromatic nitrogens is 1. The van der Waals surface area contributed by atoms with E-state index >= 15 is 0 Å². The molecule has 1 aromatic heterocycles. The highest BCUT2D eigenvalue weighted by molar-refractivity contribution is 7.10. The van der Waals surface area contributed by atoms with E-state index in [2.05, 4.69) is 4.90 Å². The van der Waals surface area contributed by atoms with Crippen LogP contribution in [0.25, 0.3) is 0 Å². The Labute approximate surface area is 135 Å². The molecule has 1 aromatic rings. The first-order valence-electron chi connectivity index (χ1n) is 7.81. The minimum Gasteiger partial charge on any atom is -0.474 e. The fraction of sp³-hybridized carbons (Fsp3) is 0.533. The van der Waals surface area contributed by atoms with E-state index in [1.54, 1.807) is 4.57 Å². The Balaban J connectivity index is 1.83. The minimum atomic E-state index is -0.537. The van der Waals surface area contributed by atoms with Gasteiger partial charge in [-0.1, -0.05) is 6.42 Å². The van der Waals surface area contributed by atoms with Crippen LogP contribution in [0, 0.1) is 0 Å². The largest absolute Gasteiger partial charge is 0.474 e. The maximum absolute atomic E-state index is 12.9. The third-order valence-corrected chi connectivity index (χ3v) is 5.39. The summed E-state index contributed by atoms with van der Waals surface area (Å²) in [4.78, 5) is 40.5. The van der Waals surface area contributed by atoms with Crippen LogP contribution < -0.4 is 9.95 Å². The maximum Gasteiger partial charge on any atom is 0.275 e. The number of carbonyl (C=O) groups excluding carboxylic acids is 2. The average Bonchev–Trinajstić information content (AvgIpc) is 2.94. The van der Waals surface area contributed by atoms with E-state index in [4.69, 9.17) is 4.52 Å². The van der Waals surface area contributed by atoms with Crippen molar-refractivity contribution in [3.8, 4) is 5.75 Å². The molecule has 3 atom stereocenters. The predicted octanol–water partition coefficient (Wildman–Crippen LogP) is 0.480. The first kappa shape index (κ1) is 14.8. The van der Waals surface area contributed by atoms with Gasteiger partial charge in [-0.15, -0.1) is 0 Å². The van der Waals surface area contributed by atoms with Crippen molar-refractivity contribution >= 4 is 21.7 Å². The summed E-state index contributed by atoms with van der Waals surface area (Å²) >= 11 is 0. The van der Waals surface area contributed by atoms with E-state index in [0.29, 0.717) is 25.4 Å². The molecule has 0 saturated carbocycles. The van der Waals surface area contributed by atoms with Gasteiger partial charge in [0.25, 0.3) is 5.91 Å². The van der Waals surface area contributed by atoms with Crippen molar-refractivity contribution in [1.29, 1.82) is 0 Å². The van der Waals surface area contributed by atoms with Crippen molar-refractivity contribution in [3.63, 3.8) is 0 Å². The highest BCUT2D eigenvalue weighted by Crippen LogP contribution is 2.35. The number of hydrogen-bond acceptors (Lipinski definition) is 5. The number of hydrogen-bond donors (Lipinski definition) is 0. The quantitative estimate of drug-likeness (QED) is 0.581. The van der Waals surface area contributed by atoms with Crippen LogP contribution in [0.4, 0.5) is 0 Å². The van der Waals surface area contributed by atoms with Gasteiger partial charge in [0, 0.05) is 25.3 Å². The average molecular weight is 335 g/mol. The molecule has 0 N–H and O–H groups in total. The van der Waals surface area contributed by atoms with Crippen LogP contribution in [0.3, 0.4) is 0 Å². The van der Waals surface area contributed by atoms with Gasteiger partial charge >= 0.3 is 0 Å². The van der Waals surface area contributed by atoms with Gasteiger partial charge in [-0.2, -0.15) is 0 Å². The van der Waals surface area contributed by atoms with E-state index in [1.807, 2.05) is 14.4 Å². The monoisotopic (exact) mass is 335 g/mol. The lowest BCUT2D eigenvalue weighted by molar-refractivity contribution is 0.0455. The molecule has 0 bridgehead atoms. The summed E-state index contributed by atoms with van der Waals surface area (Å²) in [6, 6.07) is 0.394. The van der Waals surface area contributed by atoms with E-state index in [-0.39, 0.29) is 29.1 Å². The van der Waals surface area contributed by atoms with Crippen molar-refractivity contribution in [3.05, 3.63) is 27.7 Å². The van der Waals surface area contributed by atoms with E-state index in [9.17, 15) is 14.4 Å². The van der Waals surface area contributed by atoms with Gasteiger partial charge in [-0.3, -0.25) is 19.3 Å². The smallest absolute Gasteiger partial charge is 0.275 e. The number of carbonyl (C=O) groups is 2. The summed E-state index contributed by atoms with van der Waals surface area (Å²) < 4.78 is 6.79. The van der Waals surface area contributed by atoms with Gasteiger partial charge < -0.3 is 14.0 Å². The summed E-state index contributed by atoms with van der Waals surface area (Å²) in [5.41, 5.74) is -0.280. The number of piperidine rings is 1. The Kier molecular flexibility index (Phi) is 3.50. The van der Waals surface area contributed by atoms with Crippen LogP contribution in [0.5, 0.6) is 5.75 Å².